The van der Waals surface area contributed by atoms with Gasteiger partial charge in [0.15, 0.2) is 0 Å². The summed E-state index contributed by atoms with van der Waals surface area (Å²) in [4.78, 5) is 15.9. The van der Waals surface area contributed by atoms with Crippen LogP contribution in [0.15, 0.2) is 35.5 Å². The van der Waals surface area contributed by atoms with Crippen LogP contribution >= 0.6 is 11.6 Å². The van der Waals surface area contributed by atoms with Crippen molar-refractivity contribution in [3.05, 3.63) is 51.9 Å². The highest BCUT2D eigenvalue weighted by molar-refractivity contribution is 6.29. The molecule has 90 valence electrons. The first-order valence-electron chi connectivity index (χ1n) is 5.56. The van der Waals surface area contributed by atoms with E-state index in [9.17, 15) is 4.79 Å². The van der Waals surface area contributed by atoms with Crippen LogP contribution < -0.4 is 5.69 Å². The molecule has 5 heteroatoms. The normalized spacial score (nSPS) is 10.7. The molecule has 0 radical (unpaired) electrons. The zero-order valence-corrected chi connectivity index (χ0v) is 10.4. The summed E-state index contributed by atoms with van der Waals surface area (Å²) in [5.74, 6) is 0. The van der Waals surface area contributed by atoms with E-state index in [4.69, 9.17) is 11.6 Å². The highest BCUT2D eigenvalue weighted by Crippen LogP contribution is 2.06. The summed E-state index contributed by atoms with van der Waals surface area (Å²) >= 11 is 5.71. The maximum atomic E-state index is 11.9. The molecule has 2 aromatic rings. The number of hydrogen-bond donors (Lipinski definition) is 0. The molecule has 4 nitrogen and oxygen atoms in total. The van der Waals surface area contributed by atoms with E-state index in [1.165, 1.54) is 0 Å². The van der Waals surface area contributed by atoms with Gasteiger partial charge in [-0.25, -0.2) is 9.78 Å². The van der Waals surface area contributed by atoms with Crippen molar-refractivity contribution in [1.29, 1.82) is 0 Å². The van der Waals surface area contributed by atoms with Crippen molar-refractivity contribution >= 4 is 11.6 Å². The van der Waals surface area contributed by atoms with Crippen LogP contribution in [-0.2, 0) is 13.1 Å². The summed E-state index contributed by atoms with van der Waals surface area (Å²) in [6.45, 7) is 3.33. The molecule has 0 spiro atoms. The van der Waals surface area contributed by atoms with Gasteiger partial charge in [-0.1, -0.05) is 24.6 Å². The first-order chi connectivity index (χ1) is 8.20. The molecule has 2 aromatic heterocycles. The molecule has 0 aromatic carbocycles. The van der Waals surface area contributed by atoms with Crippen LogP contribution in [0.1, 0.15) is 18.9 Å². The van der Waals surface area contributed by atoms with Crippen LogP contribution in [0.5, 0.6) is 0 Å². The van der Waals surface area contributed by atoms with Gasteiger partial charge in [0, 0.05) is 25.1 Å². The van der Waals surface area contributed by atoms with E-state index < -0.39 is 0 Å². The molecule has 0 atom stereocenters. The Morgan fingerprint density at radius 2 is 2.06 bits per heavy atom. The molecule has 0 saturated heterocycles. The van der Waals surface area contributed by atoms with Gasteiger partial charge in [-0.2, -0.15) is 0 Å². The smallest absolute Gasteiger partial charge is 0.299 e. The van der Waals surface area contributed by atoms with Gasteiger partial charge in [-0.15, -0.1) is 0 Å². The summed E-state index contributed by atoms with van der Waals surface area (Å²) < 4.78 is 3.38. The Labute approximate surface area is 104 Å². The minimum absolute atomic E-state index is 0.0156. The predicted molar refractivity (Wildman–Crippen MR) is 67.3 cm³/mol. The van der Waals surface area contributed by atoms with Gasteiger partial charge in [-0.3, -0.25) is 9.13 Å². The maximum absolute atomic E-state index is 11.9. The second-order valence-electron chi connectivity index (χ2n) is 3.89. The molecule has 2 rings (SSSR count). The monoisotopic (exact) mass is 251 g/mol. The maximum Gasteiger partial charge on any atom is 0.328 e. The van der Waals surface area contributed by atoms with Crippen LogP contribution in [-0.4, -0.2) is 14.1 Å². The summed E-state index contributed by atoms with van der Waals surface area (Å²) in [6, 6.07) is 3.60. The summed E-state index contributed by atoms with van der Waals surface area (Å²) in [6.07, 6.45) is 6.25. The third kappa shape index (κ3) is 2.77. The Kier molecular flexibility index (Phi) is 3.64. The fourth-order valence-electron chi connectivity index (χ4n) is 1.68. The highest BCUT2D eigenvalue weighted by atomic mass is 35.5. The van der Waals surface area contributed by atoms with E-state index in [2.05, 4.69) is 4.98 Å². The van der Waals surface area contributed by atoms with E-state index in [1.807, 2.05) is 19.2 Å². The van der Waals surface area contributed by atoms with E-state index in [0.717, 1.165) is 18.5 Å². The van der Waals surface area contributed by atoms with Crippen molar-refractivity contribution in [2.45, 2.75) is 26.4 Å². The molecule has 0 fully saturated rings. The van der Waals surface area contributed by atoms with Gasteiger partial charge in [0.1, 0.15) is 5.15 Å². The zero-order chi connectivity index (χ0) is 12.3. The molecular weight excluding hydrogens is 238 g/mol. The average Bonchev–Trinajstić information content (AvgIpc) is 2.65. The minimum Gasteiger partial charge on any atom is -0.299 e. The van der Waals surface area contributed by atoms with E-state index >= 15 is 0 Å². The van der Waals surface area contributed by atoms with E-state index in [0.29, 0.717) is 11.7 Å². The van der Waals surface area contributed by atoms with Crippen molar-refractivity contribution in [3.63, 3.8) is 0 Å². The van der Waals surface area contributed by atoms with Gasteiger partial charge in [0.05, 0.1) is 6.54 Å². The summed E-state index contributed by atoms with van der Waals surface area (Å²) in [5.41, 5.74) is 0.979. The topological polar surface area (TPSA) is 39.8 Å². The number of rotatable bonds is 4. The van der Waals surface area contributed by atoms with Gasteiger partial charge in [0.2, 0.25) is 0 Å². The molecule has 0 aliphatic rings. The van der Waals surface area contributed by atoms with Crippen LogP contribution in [0.25, 0.3) is 0 Å². The predicted octanol–water partition coefficient (Wildman–Crippen LogP) is 2.16. The number of aryl methyl sites for hydroxylation is 1. The van der Waals surface area contributed by atoms with Gasteiger partial charge >= 0.3 is 5.69 Å². The molecule has 0 N–H and O–H groups in total. The Morgan fingerprint density at radius 1 is 1.29 bits per heavy atom. The Hall–Kier alpha value is -1.55. The highest BCUT2D eigenvalue weighted by Gasteiger charge is 2.03. The number of halogens is 1. The van der Waals surface area contributed by atoms with Crippen molar-refractivity contribution in [1.82, 2.24) is 14.1 Å². The van der Waals surface area contributed by atoms with Crippen molar-refractivity contribution in [3.8, 4) is 0 Å². The van der Waals surface area contributed by atoms with Gasteiger partial charge in [0.25, 0.3) is 0 Å². The molecule has 0 amide bonds. The van der Waals surface area contributed by atoms with E-state index in [-0.39, 0.29) is 5.69 Å². The number of nitrogens with zero attached hydrogens (tertiary/aromatic N) is 3. The SMILES string of the molecule is CCCn1ccn(Cc2ccc(Cl)nc2)c1=O. The van der Waals surface area contributed by atoms with E-state index in [1.54, 1.807) is 27.6 Å². The lowest BCUT2D eigenvalue weighted by atomic mass is 10.3. The van der Waals surface area contributed by atoms with Crippen molar-refractivity contribution < 1.29 is 0 Å². The largest absolute Gasteiger partial charge is 0.328 e. The van der Waals surface area contributed by atoms with Crippen LogP contribution in [0.4, 0.5) is 0 Å². The first-order valence-corrected chi connectivity index (χ1v) is 5.94. The Balaban J connectivity index is 2.19. The lowest BCUT2D eigenvalue weighted by Crippen LogP contribution is -2.24. The lowest BCUT2D eigenvalue weighted by molar-refractivity contribution is 0.624. The third-order valence-electron chi connectivity index (χ3n) is 2.52. The fourth-order valence-corrected chi connectivity index (χ4v) is 1.79. The zero-order valence-electron chi connectivity index (χ0n) is 9.64. The molecule has 0 unspecified atom stereocenters. The molecule has 0 aliphatic heterocycles. The van der Waals surface area contributed by atoms with Crippen LogP contribution in [0, 0.1) is 0 Å². The number of imidazole rings is 1. The molecular formula is C12H14ClN3O. The fraction of sp³-hybridized carbons (Fsp3) is 0.333. The van der Waals surface area contributed by atoms with Gasteiger partial charge < -0.3 is 0 Å². The lowest BCUT2D eigenvalue weighted by Gasteiger charge is -2.01. The first kappa shape index (κ1) is 11.9. The molecule has 2 heterocycles. The van der Waals surface area contributed by atoms with Gasteiger partial charge in [-0.05, 0) is 18.1 Å². The quantitative estimate of drug-likeness (QED) is 0.782. The average molecular weight is 252 g/mol. The Bertz CT molecular complexity index is 542. The number of aromatic nitrogens is 3. The second kappa shape index (κ2) is 5.19. The van der Waals surface area contributed by atoms with Crippen LogP contribution in [0.2, 0.25) is 5.15 Å². The summed E-state index contributed by atoms with van der Waals surface area (Å²) in [5, 5.41) is 0.463. The van der Waals surface area contributed by atoms with Crippen molar-refractivity contribution in [2.24, 2.45) is 0 Å². The summed E-state index contributed by atoms with van der Waals surface area (Å²) in [7, 11) is 0. The van der Waals surface area contributed by atoms with Crippen LogP contribution in [0.3, 0.4) is 0 Å². The number of hydrogen-bond acceptors (Lipinski definition) is 2. The molecule has 0 saturated carbocycles. The molecule has 17 heavy (non-hydrogen) atoms. The Morgan fingerprint density at radius 3 is 2.71 bits per heavy atom. The number of pyridine rings is 1. The second-order valence-corrected chi connectivity index (χ2v) is 4.28. The van der Waals surface area contributed by atoms with Crippen molar-refractivity contribution in [2.75, 3.05) is 0 Å². The standard InChI is InChI=1S/C12H14ClN3O/c1-2-5-15-6-7-16(12(15)17)9-10-3-4-11(13)14-8-10/h3-4,6-8H,2,5,9H2,1H3. The minimum atomic E-state index is 0.0156. The molecule has 0 bridgehead atoms. The third-order valence-corrected chi connectivity index (χ3v) is 2.75. The molecule has 0 aliphatic carbocycles.